The first kappa shape index (κ1) is 21.2. The first-order chi connectivity index (χ1) is 14.3. The molecule has 0 unspecified atom stereocenters. The molecule has 156 valence electrons. The highest BCUT2D eigenvalue weighted by molar-refractivity contribution is 14.1. The zero-order chi connectivity index (χ0) is 21.4. The molecule has 4 rings (SSSR count). The molecule has 0 saturated carbocycles. The summed E-state index contributed by atoms with van der Waals surface area (Å²) in [5, 5.41) is -0.384. The summed E-state index contributed by atoms with van der Waals surface area (Å²) >= 11 is 3.19. The SMILES string of the molecule is Cc1cc(/C=C2/SC(=O)N(CC(=O)N3CCCC3)C2=O)c(C)n1-c1cccc(I)c1. The van der Waals surface area contributed by atoms with E-state index in [9.17, 15) is 14.4 Å². The first-order valence-electron chi connectivity index (χ1n) is 9.83. The maximum absolute atomic E-state index is 12.8. The van der Waals surface area contributed by atoms with Gasteiger partial charge in [-0.25, -0.2) is 0 Å². The fraction of sp³-hybridized carbons (Fsp3) is 0.318. The highest BCUT2D eigenvalue weighted by Gasteiger charge is 2.37. The molecule has 30 heavy (non-hydrogen) atoms. The fourth-order valence-electron chi connectivity index (χ4n) is 3.93. The average Bonchev–Trinajstić information content (AvgIpc) is 3.39. The summed E-state index contributed by atoms with van der Waals surface area (Å²) in [6.45, 7) is 5.25. The number of halogens is 1. The molecule has 0 bridgehead atoms. The molecule has 2 aliphatic heterocycles. The summed E-state index contributed by atoms with van der Waals surface area (Å²) < 4.78 is 3.28. The second kappa shape index (κ2) is 8.58. The van der Waals surface area contributed by atoms with E-state index in [2.05, 4.69) is 33.2 Å². The number of rotatable bonds is 4. The van der Waals surface area contributed by atoms with Gasteiger partial charge in [-0.1, -0.05) is 6.07 Å². The first-order valence-corrected chi connectivity index (χ1v) is 11.7. The van der Waals surface area contributed by atoms with Crippen molar-refractivity contribution in [1.82, 2.24) is 14.4 Å². The summed E-state index contributed by atoms with van der Waals surface area (Å²) in [6.07, 6.45) is 3.71. The normalized spacial score (nSPS) is 18.2. The Morgan fingerprint density at radius 3 is 2.60 bits per heavy atom. The van der Waals surface area contributed by atoms with Crippen LogP contribution in [0.15, 0.2) is 35.2 Å². The lowest BCUT2D eigenvalue weighted by atomic mass is 10.2. The van der Waals surface area contributed by atoms with E-state index in [1.165, 1.54) is 0 Å². The Morgan fingerprint density at radius 2 is 1.90 bits per heavy atom. The van der Waals surface area contributed by atoms with E-state index in [0.717, 1.165) is 55.7 Å². The van der Waals surface area contributed by atoms with Crippen LogP contribution in [-0.2, 0) is 9.59 Å². The van der Waals surface area contributed by atoms with Crippen LogP contribution in [0.4, 0.5) is 4.79 Å². The van der Waals surface area contributed by atoms with Gasteiger partial charge in [-0.3, -0.25) is 19.3 Å². The highest BCUT2D eigenvalue weighted by atomic mass is 127. The largest absolute Gasteiger partial charge is 0.341 e. The van der Waals surface area contributed by atoms with Crippen LogP contribution in [0.3, 0.4) is 0 Å². The van der Waals surface area contributed by atoms with Gasteiger partial charge in [0.25, 0.3) is 11.1 Å². The molecule has 0 radical (unpaired) electrons. The van der Waals surface area contributed by atoms with Crippen LogP contribution in [-0.4, -0.2) is 51.1 Å². The van der Waals surface area contributed by atoms with Gasteiger partial charge in [-0.05, 0) is 96.9 Å². The molecule has 1 aromatic heterocycles. The number of imide groups is 1. The fourth-order valence-corrected chi connectivity index (χ4v) is 5.28. The van der Waals surface area contributed by atoms with Crippen LogP contribution >= 0.6 is 34.4 Å². The zero-order valence-electron chi connectivity index (χ0n) is 16.9. The van der Waals surface area contributed by atoms with Crippen molar-refractivity contribution in [3.63, 3.8) is 0 Å². The molecular weight excluding hydrogens is 513 g/mol. The second-order valence-corrected chi connectivity index (χ2v) is 9.74. The predicted octanol–water partition coefficient (Wildman–Crippen LogP) is 4.36. The number of aryl methyl sites for hydroxylation is 1. The van der Waals surface area contributed by atoms with Crippen LogP contribution in [0.5, 0.6) is 0 Å². The van der Waals surface area contributed by atoms with Crippen LogP contribution in [0.2, 0.25) is 0 Å². The van der Waals surface area contributed by atoms with Crippen LogP contribution in [0, 0.1) is 17.4 Å². The molecule has 0 aliphatic carbocycles. The van der Waals surface area contributed by atoms with Crippen molar-refractivity contribution in [2.24, 2.45) is 0 Å². The van der Waals surface area contributed by atoms with Gasteiger partial charge in [0.1, 0.15) is 6.54 Å². The van der Waals surface area contributed by atoms with Gasteiger partial charge in [0, 0.05) is 33.7 Å². The second-order valence-electron chi connectivity index (χ2n) is 7.50. The third-order valence-electron chi connectivity index (χ3n) is 5.45. The molecule has 1 aromatic carbocycles. The third kappa shape index (κ3) is 4.07. The van der Waals surface area contributed by atoms with E-state index < -0.39 is 5.91 Å². The number of thioether (sulfide) groups is 1. The molecule has 2 fully saturated rings. The molecule has 0 atom stereocenters. The number of hydrogen-bond donors (Lipinski definition) is 0. The molecule has 2 aromatic rings. The Labute approximate surface area is 193 Å². The van der Waals surface area contributed by atoms with Gasteiger partial charge < -0.3 is 9.47 Å². The van der Waals surface area contributed by atoms with Crippen molar-refractivity contribution in [3.8, 4) is 5.69 Å². The summed E-state index contributed by atoms with van der Waals surface area (Å²) in [5.74, 6) is -0.551. The lowest BCUT2D eigenvalue weighted by molar-refractivity contribution is -0.135. The van der Waals surface area contributed by atoms with Crippen LogP contribution < -0.4 is 0 Å². The summed E-state index contributed by atoms with van der Waals surface area (Å²) in [4.78, 5) is 40.8. The van der Waals surface area contributed by atoms with Gasteiger partial charge in [-0.2, -0.15) is 0 Å². The van der Waals surface area contributed by atoms with E-state index in [1.807, 2.05) is 38.1 Å². The number of likely N-dealkylation sites (tertiary alicyclic amines) is 1. The minimum absolute atomic E-state index is 0.159. The smallest absolute Gasteiger partial charge is 0.294 e. The van der Waals surface area contributed by atoms with Crippen molar-refractivity contribution >= 4 is 57.5 Å². The Balaban J connectivity index is 1.58. The standard InChI is InChI=1S/C22H22IN3O3S/c1-14-10-16(15(2)26(14)18-7-5-6-17(23)12-18)11-19-21(28)25(22(29)30-19)13-20(27)24-8-3-4-9-24/h5-7,10-12H,3-4,8-9,13H2,1-2H3/b19-11+. The summed E-state index contributed by atoms with van der Waals surface area (Å²) in [6, 6.07) is 10.2. The van der Waals surface area contributed by atoms with Crippen molar-refractivity contribution in [3.05, 3.63) is 55.8 Å². The Hall–Kier alpha value is -2.07. The van der Waals surface area contributed by atoms with Crippen molar-refractivity contribution in [2.75, 3.05) is 19.6 Å². The van der Waals surface area contributed by atoms with Crippen molar-refractivity contribution < 1.29 is 14.4 Å². The Morgan fingerprint density at radius 1 is 1.17 bits per heavy atom. The predicted molar refractivity (Wildman–Crippen MR) is 126 cm³/mol. The Bertz CT molecular complexity index is 1070. The number of nitrogens with zero attached hydrogens (tertiary/aromatic N) is 3. The number of carbonyl (C=O) groups excluding carboxylic acids is 3. The highest BCUT2D eigenvalue weighted by Crippen LogP contribution is 2.34. The molecular formula is C22H22IN3O3S. The number of benzene rings is 1. The van der Waals surface area contributed by atoms with E-state index in [0.29, 0.717) is 18.0 Å². The number of amides is 3. The minimum atomic E-state index is -0.392. The van der Waals surface area contributed by atoms with Crippen LogP contribution in [0.25, 0.3) is 11.8 Å². The third-order valence-corrected chi connectivity index (χ3v) is 7.03. The Kier molecular flexibility index (Phi) is 6.06. The summed E-state index contributed by atoms with van der Waals surface area (Å²) in [7, 11) is 0. The van der Waals surface area contributed by atoms with E-state index in [-0.39, 0.29) is 17.7 Å². The van der Waals surface area contributed by atoms with Crippen LogP contribution in [0.1, 0.15) is 29.8 Å². The van der Waals surface area contributed by atoms with Gasteiger partial charge in [0.2, 0.25) is 5.91 Å². The monoisotopic (exact) mass is 535 g/mol. The number of hydrogen-bond acceptors (Lipinski definition) is 4. The molecule has 2 aliphatic rings. The quantitative estimate of drug-likeness (QED) is 0.432. The molecule has 0 spiro atoms. The zero-order valence-corrected chi connectivity index (χ0v) is 19.8. The maximum atomic E-state index is 12.8. The van der Waals surface area contributed by atoms with Gasteiger partial charge in [0.15, 0.2) is 0 Å². The molecule has 2 saturated heterocycles. The van der Waals surface area contributed by atoms with Gasteiger partial charge >= 0.3 is 0 Å². The van der Waals surface area contributed by atoms with E-state index in [1.54, 1.807) is 11.0 Å². The topological polar surface area (TPSA) is 62.6 Å². The van der Waals surface area contributed by atoms with Crippen molar-refractivity contribution in [1.29, 1.82) is 0 Å². The number of aromatic nitrogens is 1. The molecule has 0 N–H and O–H groups in total. The summed E-state index contributed by atoms with van der Waals surface area (Å²) in [5.41, 5.74) is 3.99. The van der Waals surface area contributed by atoms with Gasteiger partial charge in [0.05, 0.1) is 4.91 Å². The van der Waals surface area contributed by atoms with Gasteiger partial charge in [-0.15, -0.1) is 0 Å². The molecule has 3 amide bonds. The number of carbonyl (C=O) groups is 3. The average molecular weight is 535 g/mol. The molecule has 6 nitrogen and oxygen atoms in total. The lowest BCUT2D eigenvalue weighted by Gasteiger charge is -2.18. The van der Waals surface area contributed by atoms with E-state index in [4.69, 9.17) is 0 Å². The molecule has 8 heteroatoms. The van der Waals surface area contributed by atoms with Crippen molar-refractivity contribution in [2.45, 2.75) is 26.7 Å². The minimum Gasteiger partial charge on any atom is -0.341 e. The van der Waals surface area contributed by atoms with E-state index >= 15 is 0 Å². The lowest BCUT2D eigenvalue weighted by Crippen LogP contribution is -2.40. The molecule has 3 heterocycles. The maximum Gasteiger partial charge on any atom is 0.294 e.